The monoisotopic (exact) mass is 710 g/mol. The summed E-state index contributed by atoms with van der Waals surface area (Å²) in [6.45, 7) is 11.6. The Morgan fingerprint density at radius 3 is 1.30 bits per heavy atom. The first-order valence-electron chi connectivity index (χ1n) is 22.8. The number of ether oxygens (including phenoxy) is 2. The normalized spacial score (nSPS) is 11.7. The smallest absolute Gasteiger partial charge is 0.305 e. The lowest BCUT2D eigenvalue weighted by atomic mass is 10.0. The van der Waals surface area contributed by atoms with Crippen molar-refractivity contribution in [1.29, 1.82) is 0 Å². The van der Waals surface area contributed by atoms with Crippen LogP contribution in [0.2, 0.25) is 0 Å². The molecule has 0 aliphatic carbocycles. The molecular weight excluding hydrogens is 618 g/mol. The number of aliphatic hydroxyl groups is 1. The number of carbonyl (C=O) groups excluding carboxylic acids is 1. The van der Waals surface area contributed by atoms with Gasteiger partial charge in [-0.15, -0.1) is 0 Å². The van der Waals surface area contributed by atoms with Crippen LogP contribution in [0.15, 0.2) is 0 Å². The van der Waals surface area contributed by atoms with Gasteiger partial charge in [0.15, 0.2) is 0 Å². The van der Waals surface area contributed by atoms with E-state index >= 15 is 0 Å². The van der Waals surface area contributed by atoms with Crippen molar-refractivity contribution in [1.82, 2.24) is 4.90 Å². The van der Waals surface area contributed by atoms with Crippen molar-refractivity contribution in [2.45, 2.75) is 245 Å². The summed E-state index contributed by atoms with van der Waals surface area (Å²) >= 11 is 0. The summed E-state index contributed by atoms with van der Waals surface area (Å²) in [6, 6.07) is 0. The average Bonchev–Trinajstić information content (AvgIpc) is 3.12. The molecule has 0 saturated heterocycles. The molecule has 0 amide bonds. The highest BCUT2D eigenvalue weighted by atomic mass is 16.5. The zero-order valence-corrected chi connectivity index (χ0v) is 34.5. The lowest BCUT2D eigenvalue weighted by Gasteiger charge is -2.21. The standard InChI is InChI=1S/C45H91NO4/c1-4-7-10-13-16-17-19-27-34-43-50-45(48)37-30-23-25-32-39-46(40-41-47)38-31-24-18-20-26-33-42-49-44(35-28-21-14-11-8-5-2)36-29-22-15-12-9-6-3/h44,47H,4-43H2,1-3H3. The average molecular weight is 710 g/mol. The number of unbranched alkanes of at least 4 members (excludes halogenated alkanes) is 26. The van der Waals surface area contributed by atoms with Crippen molar-refractivity contribution in [2.75, 3.05) is 39.5 Å². The summed E-state index contributed by atoms with van der Waals surface area (Å²) in [7, 11) is 0. The molecule has 300 valence electrons. The summed E-state index contributed by atoms with van der Waals surface area (Å²) in [4.78, 5) is 14.5. The minimum atomic E-state index is -0.0183. The van der Waals surface area contributed by atoms with Gasteiger partial charge in [-0.25, -0.2) is 0 Å². The molecule has 5 nitrogen and oxygen atoms in total. The Morgan fingerprint density at radius 1 is 0.460 bits per heavy atom. The molecule has 1 N–H and O–H groups in total. The molecule has 0 radical (unpaired) electrons. The van der Waals surface area contributed by atoms with Crippen molar-refractivity contribution in [3.05, 3.63) is 0 Å². The molecule has 50 heavy (non-hydrogen) atoms. The lowest BCUT2D eigenvalue weighted by molar-refractivity contribution is -0.143. The van der Waals surface area contributed by atoms with E-state index in [2.05, 4.69) is 25.7 Å². The van der Waals surface area contributed by atoms with Crippen LogP contribution in [0.3, 0.4) is 0 Å². The van der Waals surface area contributed by atoms with E-state index in [1.807, 2.05) is 0 Å². The predicted molar refractivity (Wildman–Crippen MR) is 218 cm³/mol. The summed E-state index contributed by atoms with van der Waals surface area (Å²) in [5.41, 5.74) is 0. The van der Waals surface area contributed by atoms with E-state index in [1.165, 1.54) is 180 Å². The fraction of sp³-hybridized carbons (Fsp3) is 0.978. The highest BCUT2D eigenvalue weighted by Crippen LogP contribution is 2.18. The molecule has 0 aromatic rings. The SMILES string of the molecule is CCCCCCCCCCCOC(=O)CCCCCCN(CCO)CCCCCCCCOC(CCCCCCCC)CCCCCCCC. The molecule has 0 aromatic carbocycles. The third-order valence-corrected chi connectivity index (χ3v) is 10.5. The van der Waals surface area contributed by atoms with Crippen LogP contribution in [0, 0.1) is 0 Å². The molecule has 0 aliphatic heterocycles. The third-order valence-electron chi connectivity index (χ3n) is 10.5. The van der Waals surface area contributed by atoms with E-state index in [-0.39, 0.29) is 12.6 Å². The second-order valence-corrected chi connectivity index (χ2v) is 15.5. The summed E-state index contributed by atoms with van der Waals surface area (Å²) in [5.74, 6) is -0.0183. The molecule has 5 heteroatoms. The van der Waals surface area contributed by atoms with Gasteiger partial charge in [0.05, 0.1) is 19.3 Å². The van der Waals surface area contributed by atoms with Gasteiger partial charge >= 0.3 is 5.97 Å². The van der Waals surface area contributed by atoms with Gasteiger partial charge < -0.3 is 19.5 Å². The van der Waals surface area contributed by atoms with Gasteiger partial charge in [0.2, 0.25) is 0 Å². The number of nitrogens with zero attached hydrogens (tertiary/aromatic N) is 1. The summed E-state index contributed by atoms with van der Waals surface area (Å²) < 4.78 is 11.9. The molecular formula is C45H91NO4. The van der Waals surface area contributed by atoms with Gasteiger partial charge in [-0.1, -0.05) is 188 Å². The maximum absolute atomic E-state index is 12.0. The maximum Gasteiger partial charge on any atom is 0.305 e. The van der Waals surface area contributed by atoms with E-state index in [4.69, 9.17) is 9.47 Å². The van der Waals surface area contributed by atoms with Gasteiger partial charge in [-0.05, 0) is 58.0 Å². The topological polar surface area (TPSA) is 59.0 Å². The Labute approximate surface area is 314 Å². The first-order chi connectivity index (χ1) is 24.7. The first-order valence-corrected chi connectivity index (χ1v) is 22.8. The Kier molecular flexibility index (Phi) is 42.2. The maximum atomic E-state index is 12.0. The van der Waals surface area contributed by atoms with Crippen LogP contribution >= 0.6 is 0 Å². The fourth-order valence-corrected chi connectivity index (χ4v) is 7.12. The van der Waals surface area contributed by atoms with Crippen LogP contribution in [-0.4, -0.2) is 61.5 Å². The van der Waals surface area contributed by atoms with Crippen LogP contribution in [0.25, 0.3) is 0 Å². The van der Waals surface area contributed by atoms with Crippen LogP contribution in [0.4, 0.5) is 0 Å². The van der Waals surface area contributed by atoms with E-state index in [0.717, 1.165) is 58.3 Å². The second kappa shape index (κ2) is 42.8. The zero-order valence-electron chi connectivity index (χ0n) is 34.5. The summed E-state index contributed by atoms with van der Waals surface area (Å²) in [5, 5.41) is 9.55. The molecule has 0 saturated carbocycles. The number of aliphatic hydroxyl groups excluding tert-OH is 1. The van der Waals surface area contributed by atoms with Crippen LogP contribution in [-0.2, 0) is 14.3 Å². The number of hydrogen-bond acceptors (Lipinski definition) is 5. The van der Waals surface area contributed by atoms with Gasteiger partial charge in [-0.3, -0.25) is 4.79 Å². The third kappa shape index (κ3) is 38.6. The zero-order chi connectivity index (χ0) is 36.4. The van der Waals surface area contributed by atoms with E-state index in [1.54, 1.807) is 0 Å². The second-order valence-electron chi connectivity index (χ2n) is 15.5. The number of esters is 1. The van der Waals surface area contributed by atoms with Gasteiger partial charge in [0.25, 0.3) is 0 Å². The van der Waals surface area contributed by atoms with Crippen molar-refractivity contribution < 1.29 is 19.4 Å². The van der Waals surface area contributed by atoms with Crippen molar-refractivity contribution >= 4 is 5.97 Å². The van der Waals surface area contributed by atoms with Crippen LogP contribution in [0.1, 0.15) is 239 Å². The van der Waals surface area contributed by atoms with E-state index in [9.17, 15) is 9.90 Å². The van der Waals surface area contributed by atoms with Gasteiger partial charge in [0.1, 0.15) is 0 Å². The van der Waals surface area contributed by atoms with Crippen molar-refractivity contribution in [2.24, 2.45) is 0 Å². The van der Waals surface area contributed by atoms with Crippen molar-refractivity contribution in [3.63, 3.8) is 0 Å². The fourth-order valence-electron chi connectivity index (χ4n) is 7.12. The largest absolute Gasteiger partial charge is 0.466 e. The molecule has 0 aromatic heterocycles. The first kappa shape index (κ1) is 49.4. The quantitative estimate of drug-likeness (QED) is 0.0504. The minimum absolute atomic E-state index is 0.0183. The molecule has 0 atom stereocenters. The lowest BCUT2D eigenvalue weighted by Crippen LogP contribution is -2.29. The Morgan fingerprint density at radius 2 is 0.840 bits per heavy atom. The molecule has 0 unspecified atom stereocenters. The molecule has 0 rings (SSSR count). The molecule has 0 heterocycles. The van der Waals surface area contributed by atoms with Crippen molar-refractivity contribution in [3.8, 4) is 0 Å². The molecule has 0 spiro atoms. The molecule has 0 fully saturated rings. The van der Waals surface area contributed by atoms with Gasteiger partial charge in [-0.2, -0.15) is 0 Å². The van der Waals surface area contributed by atoms with Gasteiger partial charge in [0, 0.05) is 19.6 Å². The van der Waals surface area contributed by atoms with E-state index in [0.29, 0.717) is 19.1 Å². The highest BCUT2D eigenvalue weighted by Gasteiger charge is 2.10. The molecule has 0 bridgehead atoms. The highest BCUT2D eigenvalue weighted by molar-refractivity contribution is 5.69. The Balaban J connectivity index is 3.82. The molecule has 0 aliphatic rings. The Hall–Kier alpha value is -0.650. The Bertz CT molecular complexity index is 629. The number of rotatable bonds is 43. The summed E-state index contributed by atoms with van der Waals surface area (Å²) in [6.07, 6.45) is 43.5. The predicted octanol–water partition coefficient (Wildman–Crippen LogP) is 13.5. The minimum Gasteiger partial charge on any atom is -0.466 e. The van der Waals surface area contributed by atoms with E-state index < -0.39 is 0 Å². The number of hydrogen-bond donors (Lipinski definition) is 1. The van der Waals surface area contributed by atoms with Crippen LogP contribution in [0.5, 0.6) is 0 Å². The number of carbonyl (C=O) groups is 1. The van der Waals surface area contributed by atoms with Crippen LogP contribution < -0.4 is 0 Å².